The molecular weight excluding hydrogens is 288 g/mol. The number of hydrogen-bond donors (Lipinski definition) is 1. The number of ether oxygens (including phenoxy) is 1. The average molecular weight is 306 g/mol. The van der Waals surface area contributed by atoms with Gasteiger partial charge in [0.2, 0.25) is 0 Å². The van der Waals surface area contributed by atoms with Gasteiger partial charge in [-0.2, -0.15) is 5.10 Å². The zero-order chi connectivity index (χ0) is 14.8. The van der Waals surface area contributed by atoms with Crippen LogP contribution >= 0.6 is 11.3 Å². The van der Waals surface area contributed by atoms with Crippen LogP contribution < -0.4 is 5.32 Å². The van der Waals surface area contributed by atoms with Crippen LogP contribution in [0.4, 0.5) is 0 Å². The third-order valence-corrected chi connectivity index (χ3v) is 4.40. The summed E-state index contributed by atoms with van der Waals surface area (Å²) >= 11 is 1.59. The van der Waals surface area contributed by atoms with Gasteiger partial charge in [-0.05, 0) is 13.3 Å². The van der Waals surface area contributed by atoms with Gasteiger partial charge in [-0.3, -0.25) is 9.48 Å². The van der Waals surface area contributed by atoms with Crippen LogP contribution in [-0.4, -0.2) is 33.9 Å². The van der Waals surface area contributed by atoms with E-state index in [1.165, 1.54) is 0 Å². The summed E-state index contributed by atoms with van der Waals surface area (Å²) < 4.78 is 7.09. The van der Waals surface area contributed by atoms with E-state index >= 15 is 0 Å². The van der Waals surface area contributed by atoms with Crippen LogP contribution in [0.15, 0.2) is 12.4 Å². The first-order valence-electron chi connectivity index (χ1n) is 6.94. The number of rotatable bonds is 4. The van der Waals surface area contributed by atoms with Gasteiger partial charge in [0.15, 0.2) is 0 Å². The van der Waals surface area contributed by atoms with Crippen molar-refractivity contribution in [1.29, 1.82) is 0 Å². The third-order valence-electron chi connectivity index (χ3n) is 3.49. The Morgan fingerprint density at radius 2 is 2.48 bits per heavy atom. The largest absolute Gasteiger partial charge is 0.381 e. The van der Waals surface area contributed by atoms with Crippen molar-refractivity contribution in [3.63, 3.8) is 0 Å². The van der Waals surface area contributed by atoms with Crippen molar-refractivity contribution in [2.45, 2.75) is 25.8 Å². The fourth-order valence-corrected chi connectivity index (χ4v) is 3.19. The quantitative estimate of drug-likeness (QED) is 0.932. The summed E-state index contributed by atoms with van der Waals surface area (Å²) in [6, 6.07) is 0. The van der Waals surface area contributed by atoms with E-state index < -0.39 is 0 Å². The molecule has 0 radical (unpaired) electrons. The van der Waals surface area contributed by atoms with Crippen LogP contribution in [0.1, 0.15) is 38.3 Å². The lowest BCUT2D eigenvalue weighted by Gasteiger charge is -2.07. The Kier molecular flexibility index (Phi) is 4.03. The molecule has 1 amide bonds. The number of thiazole rings is 1. The molecule has 1 N–H and O–H groups in total. The van der Waals surface area contributed by atoms with Crippen LogP contribution in [0.5, 0.6) is 0 Å². The number of carbonyl (C=O) groups excluding carboxylic acids is 1. The average Bonchev–Trinajstić information content (AvgIpc) is 3.16. The number of hydrogen-bond acceptors (Lipinski definition) is 5. The highest BCUT2D eigenvalue weighted by Gasteiger charge is 2.26. The Labute approximate surface area is 127 Å². The van der Waals surface area contributed by atoms with Crippen LogP contribution in [0.25, 0.3) is 0 Å². The van der Waals surface area contributed by atoms with Crippen molar-refractivity contribution < 1.29 is 9.53 Å². The number of aromatic nitrogens is 3. The third kappa shape index (κ3) is 3.14. The zero-order valence-corrected chi connectivity index (χ0v) is 12.9. The van der Waals surface area contributed by atoms with Crippen molar-refractivity contribution in [3.05, 3.63) is 33.5 Å². The van der Waals surface area contributed by atoms with E-state index in [1.807, 2.05) is 20.2 Å². The lowest BCUT2D eigenvalue weighted by Crippen LogP contribution is -2.24. The van der Waals surface area contributed by atoms with Crippen molar-refractivity contribution in [2.75, 3.05) is 13.2 Å². The molecule has 2 aromatic rings. The fraction of sp³-hybridized carbons (Fsp3) is 0.500. The minimum Gasteiger partial charge on any atom is -0.381 e. The molecule has 0 saturated carbocycles. The zero-order valence-electron chi connectivity index (χ0n) is 12.1. The SMILES string of the molecule is Cc1cnc(CNC(=O)c2cn(C)nc2C2CCOC2)s1. The molecular formula is C14H18N4O2S. The maximum atomic E-state index is 12.4. The van der Waals surface area contributed by atoms with Gasteiger partial charge in [-0.1, -0.05) is 0 Å². The molecule has 3 rings (SSSR count). The second kappa shape index (κ2) is 5.95. The molecule has 0 spiro atoms. The molecule has 1 atom stereocenters. The van der Waals surface area contributed by atoms with Crippen molar-refractivity contribution >= 4 is 17.2 Å². The summed E-state index contributed by atoms with van der Waals surface area (Å²) in [7, 11) is 1.83. The predicted octanol–water partition coefficient (Wildman–Crippen LogP) is 1.62. The molecule has 1 aliphatic heterocycles. The first-order valence-corrected chi connectivity index (χ1v) is 7.76. The highest BCUT2D eigenvalue weighted by atomic mass is 32.1. The Balaban J connectivity index is 1.71. The predicted molar refractivity (Wildman–Crippen MR) is 79.4 cm³/mol. The summed E-state index contributed by atoms with van der Waals surface area (Å²) in [6.45, 7) is 3.83. The van der Waals surface area contributed by atoms with E-state index in [4.69, 9.17) is 4.74 Å². The normalized spacial score (nSPS) is 18.1. The monoisotopic (exact) mass is 306 g/mol. The molecule has 3 heterocycles. The molecule has 6 nitrogen and oxygen atoms in total. The molecule has 21 heavy (non-hydrogen) atoms. The van der Waals surface area contributed by atoms with Crippen LogP contribution in [0.2, 0.25) is 0 Å². The number of nitrogens with one attached hydrogen (secondary N) is 1. The number of nitrogens with zero attached hydrogens (tertiary/aromatic N) is 3. The molecule has 0 aromatic carbocycles. The van der Waals surface area contributed by atoms with Gasteiger partial charge in [0.25, 0.3) is 5.91 Å². The molecule has 7 heteroatoms. The van der Waals surface area contributed by atoms with Crippen molar-refractivity contribution in [2.24, 2.45) is 7.05 Å². The Morgan fingerprint density at radius 3 is 3.14 bits per heavy atom. The lowest BCUT2D eigenvalue weighted by atomic mass is 10.0. The first-order chi connectivity index (χ1) is 10.1. The van der Waals surface area contributed by atoms with E-state index in [0.29, 0.717) is 18.7 Å². The van der Waals surface area contributed by atoms with Gasteiger partial charge in [0.1, 0.15) is 5.01 Å². The first kappa shape index (κ1) is 14.2. The molecule has 1 aliphatic rings. The topological polar surface area (TPSA) is 69.0 Å². The lowest BCUT2D eigenvalue weighted by molar-refractivity contribution is 0.0949. The summed E-state index contributed by atoms with van der Waals surface area (Å²) in [5, 5.41) is 8.27. The second-order valence-electron chi connectivity index (χ2n) is 5.21. The molecule has 1 saturated heterocycles. The molecule has 0 aliphatic carbocycles. The fourth-order valence-electron chi connectivity index (χ4n) is 2.47. The minimum atomic E-state index is -0.0992. The standard InChI is InChI=1S/C14H18N4O2S/c1-9-5-15-12(21-9)6-16-14(19)11-7-18(2)17-13(11)10-3-4-20-8-10/h5,7,10H,3-4,6,8H2,1-2H3,(H,16,19). The van der Waals surface area contributed by atoms with Gasteiger partial charge in [0, 0.05) is 36.8 Å². The van der Waals surface area contributed by atoms with Gasteiger partial charge >= 0.3 is 0 Å². The Morgan fingerprint density at radius 1 is 1.62 bits per heavy atom. The molecule has 1 fully saturated rings. The second-order valence-corrected chi connectivity index (χ2v) is 6.53. The summed E-state index contributed by atoms with van der Waals surface area (Å²) in [6.07, 6.45) is 4.51. The maximum absolute atomic E-state index is 12.4. The number of amides is 1. The van der Waals surface area contributed by atoms with Gasteiger partial charge in [-0.15, -0.1) is 11.3 Å². The summed E-state index contributed by atoms with van der Waals surface area (Å²) in [5.74, 6) is 0.118. The summed E-state index contributed by atoms with van der Waals surface area (Å²) in [4.78, 5) is 17.8. The summed E-state index contributed by atoms with van der Waals surface area (Å²) in [5.41, 5.74) is 1.48. The molecule has 1 unspecified atom stereocenters. The van der Waals surface area contributed by atoms with E-state index in [9.17, 15) is 4.79 Å². The highest BCUT2D eigenvalue weighted by Crippen LogP contribution is 2.26. The Bertz CT molecular complexity index is 643. The van der Waals surface area contributed by atoms with Crippen LogP contribution in [-0.2, 0) is 18.3 Å². The van der Waals surface area contributed by atoms with E-state index in [2.05, 4.69) is 15.4 Å². The molecule has 2 aromatic heterocycles. The maximum Gasteiger partial charge on any atom is 0.255 e. The van der Waals surface area contributed by atoms with Crippen LogP contribution in [0, 0.1) is 6.92 Å². The molecule has 112 valence electrons. The minimum absolute atomic E-state index is 0.0992. The van der Waals surface area contributed by atoms with Gasteiger partial charge < -0.3 is 10.1 Å². The van der Waals surface area contributed by atoms with Crippen molar-refractivity contribution in [1.82, 2.24) is 20.1 Å². The van der Waals surface area contributed by atoms with Gasteiger partial charge in [0.05, 0.1) is 24.4 Å². The number of carbonyl (C=O) groups is 1. The number of aryl methyl sites for hydroxylation is 2. The highest BCUT2D eigenvalue weighted by molar-refractivity contribution is 7.11. The smallest absolute Gasteiger partial charge is 0.255 e. The van der Waals surface area contributed by atoms with Gasteiger partial charge in [-0.25, -0.2) is 4.98 Å². The molecule has 0 bridgehead atoms. The van der Waals surface area contributed by atoms with Crippen molar-refractivity contribution in [3.8, 4) is 0 Å². The van der Waals surface area contributed by atoms with E-state index in [0.717, 1.165) is 28.6 Å². The Hall–Kier alpha value is -1.73. The van der Waals surface area contributed by atoms with E-state index in [-0.39, 0.29) is 11.8 Å². The van der Waals surface area contributed by atoms with Crippen LogP contribution in [0.3, 0.4) is 0 Å². The van der Waals surface area contributed by atoms with E-state index in [1.54, 1.807) is 22.2 Å².